The van der Waals surface area contributed by atoms with Crippen molar-refractivity contribution in [3.8, 4) is 5.75 Å². The molecule has 0 spiro atoms. The Kier molecular flexibility index (Phi) is 3.12. The third-order valence-corrected chi connectivity index (χ3v) is 4.23. The maximum atomic E-state index is 12.2. The molecule has 2 atom stereocenters. The Morgan fingerprint density at radius 3 is 2.70 bits per heavy atom. The first-order chi connectivity index (χ1) is 9.65. The second-order valence-electron chi connectivity index (χ2n) is 5.25. The SMILES string of the molecule is COC(=O)c1ccc(N2C(=O)C3CCC2C3)cc1OC. The molecule has 0 aromatic heterocycles. The Morgan fingerprint density at radius 1 is 1.30 bits per heavy atom. The van der Waals surface area contributed by atoms with E-state index in [2.05, 4.69) is 0 Å². The van der Waals surface area contributed by atoms with E-state index in [4.69, 9.17) is 9.47 Å². The standard InChI is InChI=1S/C15H17NO4/c1-19-13-8-11(5-6-12(13)15(18)20-2)16-10-4-3-9(7-10)14(16)17/h5-6,8-10H,3-4,7H2,1-2H3. The van der Waals surface area contributed by atoms with E-state index in [9.17, 15) is 9.59 Å². The largest absolute Gasteiger partial charge is 0.496 e. The number of carbonyl (C=O) groups is 2. The number of esters is 1. The van der Waals surface area contributed by atoms with E-state index in [-0.39, 0.29) is 11.8 Å². The van der Waals surface area contributed by atoms with Crippen molar-refractivity contribution in [1.82, 2.24) is 0 Å². The Labute approximate surface area is 117 Å². The average molecular weight is 275 g/mol. The number of amides is 1. The third-order valence-electron chi connectivity index (χ3n) is 4.23. The quantitative estimate of drug-likeness (QED) is 0.792. The van der Waals surface area contributed by atoms with Crippen LogP contribution in [-0.4, -0.2) is 32.1 Å². The van der Waals surface area contributed by atoms with Crippen LogP contribution in [-0.2, 0) is 9.53 Å². The number of fused-ring (bicyclic) bond motifs is 2. The maximum absolute atomic E-state index is 12.2. The number of methoxy groups -OCH3 is 2. The normalized spacial score (nSPS) is 24.1. The minimum Gasteiger partial charge on any atom is -0.496 e. The molecule has 2 aliphatic rings. The molecule has 1 aromatic rings. The van der Waals surface area contributed by atoms with Crippen LogP contribution in [0.15, 0.2) is 18.2 Å². The number of rotatable bonds is 3. The van der Waals surface area contributed by atoms with Gasteiger partial charge >= 0.3 is 5.97 Å². The molecule has 1 aliphatic carbocycles. The van der Waals surface area contributed by atoms with Crippen LogP contribution in [0.3, 0.4) is 0 Å². The van der Waals surface area contributed by atoms with Crippen LogP contribution in [0.2, 0.25) is 0 Å². The molecule has 1 saturated carbocycles. The summed E-state index contributed by atoms with van der Waals surface area (Å²) < 4.78 is 9.96. The molecule has 3 rings (SSSR count). The molecule has 1 amide bonds. The monoisotopic (exact) mass is 275 g/mol. The molecule has 0 N–H and O–H groups in total. The summed E-state index contributed by atoms with van der Waals surface area (Å²) in [6.07, 6.45) is 2.99. The molecule has 2 bridgehead atoms. The summed E-state index contributed by atoms with van der Waals surface area (Å²) in [6, 6.07) is 5.47. The molecule has 5 nitrogen and oxygen atoms in total. The molecule has 20 heavy (non-hydrogen) atoms. The van der Waals surface area contributed by atoms with E-state index >= 15 is 0 Å². The van der Waals surface area contributed by atoms with Crippen LogP contribution >= 0.6 is 0 Å². The highest BCUT2D eigenvalue weighted by molar-refractivity contribution is 6.00. The molecule has 5 heteroatoms. The van der Waals surface area contributed by atoms with Crippen molar-refractivity contribution >= 4 is 17.6 Å². The van der Waals surface area contributed by atoms with Crippen LogP contribution in [0.5, 0.6) is 5.75 Å². The number of hydrogen-bond donors (Lipinski definition) is 0. The van der Waals surface area contributed by atoms with Gasteiger partial charge in [0.2, 0.25) is 5.91 Å². The minimum absolute atomic E-state index is 0.172. The predicted octanol–water partition coefficient (Wildman–Crippen LogP) is 2.00. The van der Waals surface area contributed by atoms with Crippen LogP contribution in [0.4, 0.5) is 5.69 Å². The fourth-order valence-electron chi connectivity index (χ4n) is 3.24. The van der Waals surface area contributed by atoms with Gasteiger partial charge in [-0.15, -0.1) is 0 Å². The van der Waals surface area contributed by atoms with Crippen LogP contribution < -0.4 is 9.64 Å². The lowest BCUT2D eigenvalue weighted by molar-refractivity contribution is -0.121. The van der Waals surface area contributed by atoms with Crippen molar-refractivity contribution in [2.75, 3.05) is 19.1 Å². The second kappa shape index (κ2) is 4.81. The Balaban J connectivity index is 1.96. The van der Waals surface area contributed by atoms with Gasteiger partial charge in [0, 0.05) is 23.7 Å². The smallest absolute Gasteiger partial charge is 0.341 e. The van der Waals surface area contributed by atoms with Crippen LogP contribution in [0.1, 0.15) is 29.6 Å². The Hall–Kier alpha value is -2.04. The number of nitrogens with zero attached hydrogens (tertiary/aromatic N) is 1. The first-order valence-electron chi connectivity index (χ1n) is 6.75. The van der Waals surface area contributed by atoms with E-state index in [1.807, 2.05) is 4.90 Å². The van der Waals surface area contributed by atoms with Crippen molar-refractivity contribution in [2.24, 2.45) is 5.92 Å². The van der Waals surface area contributed by atoms with Gasteiger partial charge < -0.3 is 14.4 Å². The molecule has 1 aliphatic heterocycles. The minimum atomic E-state index is -0.442. The van der Waals surface area contributed by atoms with Gasteiger partial charge in [-0.25, -0.2) is 4.79 Å². The molecule has 2 unspecified atom stereocenters. The molecule has 1 heterocycles. The maximum Gasteiger partial charge on any atom is 0.341 e. The lowest BCUT2D eigenvalue weighted by atomic mass is 10.1. The number of hydrogen-bond acceptors (Lipinski definition) is 4. The summed E-state index contributed by atoms with van der Waals surface area (Å²) in [5.74, 6) is 0.355. The van der Waals surface area contributed by atoms with Crippen molar-refractivity contribution < 1.29 is 19.1 Å². The zero-order valence-electron chi connectivity index (χ0n) is 11.6. The number of anilines is 1. The molecule has 2 fully saturated rings. The summed E-state index contributed by atoms with van der Waals surface area (Å²) in [4.78, 5) is 25.7. The molecule has 1 aromatic carbocycles. The highest BCUT2D eigenvalue weighted by Gasteiger charge is 2.45. The van der Waals surface area contributed by atoms with E-state index in [1.54, 1.807) is 18.2 Å². The Bertz CT molecular complexity index is 569. The van der Waals surface area contributed by atoms with Gasteiger partial charge in [0.15, 0.2) is 0 Å². The highest BCUT2D eigenvalue weighted by Crippen LogP contribution is 2.42. The second-order valence-corrected chi connectivity index (χ2v) is 5.25. The molecular weight excluding hydrogens is 258 g/mol. The summed E-state index contributed by atoms with van der Waals surface area (Å²) in [5, 5.41) is 0. The zero-order chi connectivity index (χ0) is 14.3. The highest BCUT2D eigenvalue weighted by atomic mass is 16.5. The molecule has 1 saturated heterocycles. The summed E-state index contributed by atoms with van der Waals surface area (Å²) in [7, 11) is 2.84. The summed E-state index contributed by atoms with van der Waals surface area (Å²) >= 11 is 0. The number of benzene rings is 1. The van der Waals surface area contributed by atoms with E-state index < -0.39 is 5.97 Å². The lowest BCUT2D eigenvalue weighted by Gasteiger charge is -2.27. The summed E-state index contributed by atoms with van der Waals surface area (Å²) in [6.45, 7) is 0. The fourth-order valence-corrected chi connectivity index (χ4v) is 3.24. The van der Waals surface area contributed by atoms with Crippen molar-refractivity contribution in [3.05, 3.63) is 23.8 Å². The van der Waals surface area contributed by atoms with Gasteiger partial charge in [-0.2, -0.15) is 0 Å². The third kappa shape index (κ3) is 1.85. The van der Waals surface area contributed by atoms with Gasteiger partial charge in [-0.3, -0.25) is 4.79 Å². The van der Waals surface area contributed by atoms with Gasteiger partial charge in [0.1, 0.15) is 11.3 Å². The van der Waals surface area contributed by atoms with Gasteiger partial charge in [-0.05, 0) is 31.4 Å². The fraction of sp³-hybridized carbons (Fsp3) is 0.467. The van der Waals surface area contributed by atoms with E-state index in [0.717, 1.165) is 24.9 Å². The number of carbonyl (C=O) groups excluding carboxylic acids is 2. The zero-order valence-corrected chi connectivity index (χ0v) is 11.6. The predicted molar refractivity (Wildman–Crippen MR) is 72.9 cm³/mol. The summed E-state index contributed by atoms with van der Waals surface area (Å²) in [5.41, 5.74) is 1.17. The van der Waals surface area contributed by atoms with Gasteiger partial charge in [0.25, 0.3) is 0 Å². The molecular formula is C15H17NO4. The van der Waals surface area contributed by atoms with E-state index in [0.29, 0.717) is 17.4 Å². The topological polar surface area (TPSA) is 55.8 Å². The number of piperidine rings is 1. The average Bonchev–Trinajstić information content (AvgIpc) is 3.06. The number of ether oxygens (including phenoxy) is 2. The molecule has 106 valence electrons. The van der Waals surface area contributed by atoms with Crippen molar-refractivity contribution in [1.29, 1.82) is 0 Å². The lowest BCUT2D eigenvalue weighted by Crippen LogP contribution is -2.36. The molecule has 0 radical (unpaired) electrons. The van der Waals surface area contributed by atoms with Crippen LogP contribution in [0.25, 0.3) is 0 Å². The van der Waals surface area contributed by atoms with Gasteiger partial charge in [-0.1, -0.05) is 0 Å². The van der Waals surface area contributed by atoms with Gasteiger partial charge in [0.05, 0.1) is 14.2 Å². The van der Waals surface area contributed by atoms with Crippen molar-refractivity contribution in [3.63, 3.8) is 0 Å². The van der Waals surface area contributed by atoms with Crippen molar-refractivity contribution in [2.45, 2.75) is 25.3 Å². The van der Waals surface area contributed by atoms with Crippen LogP contribution in [0, 0.1) is 5.92 Å². The Morgan fingerprint density at radius 2 is 2.10 bits per heavy atom. The first-order valence-corrected chi connectivity index (χ1v) is 6.75. The first kappa shape index (κ1) is 13.0. The van der Waals surface area contributed by atoms with E-state index in [1.165, 1.54) is 14.2 Å².